The Hall–Kier alpha value is -4.52. The Labute approximate surface area is 297 Å². The monoisotopic (exact) mass is 707 g/mol. The first-order valence-electron chi connectivity index (χ1n) is 16.2. The van der Waals surface area contributed by atoms with Gasteiger partial charge in [0, 0.05) is 34.6 Å². The summed E-state index contributed by atoms with van der Waals surface area (Å²) in [6, 6.07) is 13.3. The molecule has 0 saturated carbocycles. The fourth-order valence-electron chi connectivity index (χ4n) is 4.75. The molecule has 3 aromatic carbocycles. The molecular formula is C35H43Cl2N9O3. The Balaban J connectivity index is 0.00000130. The molecule has 4 aromatic rings. The average Bonchev–Trinajstić information content (AvgIpc) is 3.12. The van der Waals surface area contributed by atoms with Gasteiger partial charge in [-0.05, 0) is 43.2 Å². The summed E-state index contributed by atoms with van der Waals surface area (Å²) in [5.41, 5.74) is 2.32. The van der Waals surface area contributed by atoms with E-state index in [-0.39, 0.29) is 16.0 Å². The highest BCUT2D eigenvalue weighted by Gasteiger charge is 2.27. The maximum absolute atomic E-state index is 11.4. The minimum Gasteiger partial charge on any atom is -0.451 e. The van der Waals surface area contributed by atoms with E-state index in [0.717, 1.165) is 5.56 Å². The molecule has 0 radical (unpaired) electrons. The lowest BCUT2D eigenvalue weighted by atomic mass is 10.1. The number of nitrogens with zero attached hydrogens (tertiary/aromatic N) is 8. The predicted molar refractivity (Wildman–Crippen MR) is 195 cm³/mol. The van der Waals surface area contributed by atoms with Crippen LogP contribution in [-0.2, 0) is 11.2 Å². The van der Waals surface area contributed by atoms with Crippen molar-refractivity contribution in [2.45, 2.75) is 48.0 Å². The van der Waals surface area contributed by atoms with Crippen LogP contribution in [0.15, 0.2) is 52.4 Å². The number of halogens is 2. The number of hydrogen-bond acceptors (Lipinski definition) is 11. The third-order valence-electron chi connectivity index (χ3n) is 7.40. The van der Waals surface area contributed by atoms with Crippen molar-refractivity contribution >= 4 is 52.4 Å². The van der Waals surface area contributed by atoms with Gasteiger partial charge in [0.1, 0.15) is 38.0 Å². The molecule has 1 N–H and O–H groups in total. The van der Waals surface area contributed by atoms with Crippen molar-refractivity contribution in [2.24, 2.45) is 9.98 Å². The first kappa shape index (κ1) is 37.3. The highest BCUT2D eigenvalue weighted by Crippen LogP contribution is 2.42. The Morgan fingerprint density at radius 2 is 1.35 bits per heavy atom. The molecule has 3 heterocycles. The van der Waals surface area contributed by atoms with Crippen molar-refractivity contribution in [3.05, 3.63) is 74.6 Å². The summed E-state index contributed by atoms with van der Waals surface area (Å²) in [6.07, 6.45) is 0.688. The number of carbonyl (C=O) groups is 1. The largest absolute Gasteiger partial charge is 0.451 e. The van der Waals surface area contributed by atoms with Crippen molar-refractivity contribution in [3.63, 3.8) is 0 Å². The summed E-state index contributed by atoms with van der Waals surface area (Å²) >= 11 is 13.6. The number of rotatable bonds is 9. The van der Waals surface area contributed by atoms with Gasteiger partial charge in [-0.15, -0.1) is 0 Å². The van der Waals surface area contributed by atoms with Gasteiger partial charge >= 0.3 is 0 Å². The third kappa shape index (κ3) is 8.38. The van der Waals surface area contributed by atoms with Crippen molar-refractivity contribution in [3.8, 4) is 23.0 Å². The number of para-hydroxylation sites is 2. The standard InChI is InChI=1S/C31H31Cl2N9O3.2C2H6/c1-17-35-30(39-31(36-17)42(5)16-34-15-41(4)18(2)43)40(3)13-12-19-10-11-21-23(14-19)45-29-25(33)26-28(24(32)27(29)38-21)44-22-9-7-6-8-20(22)37-26;2*1-2/h6-11,14,34H,12-13,15-16H2,1-5H3;2*1-2H3. The van der Waals surface area contributed by atoms with Crippen molar-refractivity contribution in [1.82, 2.24) is 25.2 Å². The number of benzene rings is 3. The van der Waals surface area contributed by atoms with Crippen LogP contribution in [0.2, 0.25) is 10.0 Å². The van der Waals surface area contributed by atoms with Crippen LogP contribution in [0.5, 0.6) is 23.0 Å². The minimum atomic E-state index is -0.0148. The van der Waals surface area contributed by atoms with E-state index in [1.54, 1.807) is 11.9 Å². The van der Waals surface area contributed by atoms with Gasteiger partial charge in [0.05, 0.1) is 13.3 Å². The average molecular weight is 709 g/mol. The predicted octanol–water partition coefficient (Wildman–Crippen LogP) is 6.75. The molecule has 1 aromatic heterocycles. The number of hydrogen-bond donors (Lipinski definition) is 1. The second kappa shape index (κ2) is 16.7. The summed E-state index contributed by atoms with van der Waals surface area (Å²) in [7, 11) is 5.55. The van der Waals surface area contributed by atoms with Gasteiger partial charge in [-0.2, -0.15) is 15.0 Å². The number of anilines is 2. The topological polar surface area (TPSA) is 121 Å². The van der Waals surface area contributed by atoms with Crippen LogP contribution < -0.4 is 35.3 Å². The minimum absolute atomic E-state index is 0.0148. The van der Waals surface area contributed by atoms with Gasteiger partial charge < -0.3 is 24.2 Å². The molecule has 12 nitrogen and oxygen atoms in total. The fraction of sp³-hybridized carbons (Fsp3) is 0.371. The Bertz CT molecular complexity index is 1940. The maximum atomic E-state index is 11.4. The van der Waals surface area contributed by atoms with Crippen LogP contribution in [0.3, 0.4) is 0 Å². The van der Waals surface area contributed by atoms with Gasteiger partial charge in [-0.1, -0.05) is 69.1 Å². The van der Waals surface area contributed by atoms with Crippen molar-refractivity contribution in [1.29, 1.82) is 0 Å². The third-order valence-corrected chi connectivity index (χ3v) is 8.10. The molecule has 0 saturated heterocycles. The highest BCUT2D eigenvalue weighted by molar-refractivity contribution is 6.35. The lowest BCUT2D eigenvalue weighted by Gasteiger charge is -2.23. The molecule has 260 valence electrons. The second-order valence-electron chi connectivity index (χ2n) is 10.8. The van der Waals surface area contributed by atoms with E-state index in [4.69, 9.17) is 37.7 Å². The molecule has 14 heteroatoms. The zero-order chi connectivity index (χ0) is 35.8. The van der Waals surface area contributed by atoms with E-state index in [1.165, 1.54) is 6.92 Å². The number of fused-ring (bicyclic) bond motifs is 4. The zero-order valence-corrected chi connectivity index (χ0v) is 30.9. The number of amides is 1. The number of aromatic nitrogens is 3. The van der Waals surface area contributed by atoms with Gasteiger partial charge in [0.15, 0.2) is 23.0 Å². The normalized spacial score (nSPS) is 11.5. The highest BCUT2D eigenvalue weighted by atomic mass is 35.5. The molecular weight excluding hydrogens is 665 g/mol. The van der Waals surface area contributed by atoms with Crippen LogP contribution in [0.4, 0.5) is 23.3 Å². The quantitative estimate of drug-likeness (QED) is 0.163. The summed E-state index contributed by atoms with van der Waals surface area (Å²) in [5.74, 6) is 3.54. The zero-order valence-electron chi connectivity index (χ0n) is 29.4. The molecule has 1 amide bonds. The van der Waals surface area contributed by atoms with Crippen LogP contribution in [0.1, 0.15) is 46.0 Å². The summed E-state index contributed by atoms with van der Waals surface area (Å²) < 4.78 is 12.3. The van der Waals surface area contributed by atoms with Crippen LogP contribution in [0.25, 0.3) is 0 Å². The van der Waals surface area contributed by atoms with Gasteiger partial charge in [0.25, 0.3) is 0 Å². The molecule has 0 fully saturated rings. The van der Waals surface area contributed by atoms with E-state index in [9.17, 15) is 4.79 Å². The molecule has 49 heavy (non-hydrogen) atoms. The van der Waals surface area contributed by atoms with Crippen molar-refractivity contribution in [2.75, 3.05) is 50.8 Å². The number of ether oxygens (including phenoxy) is 2. The van der Waals surface area contributed by atoms with Crippen molar-refractivity contribution < 1.29 is 14.3 Å². The molecule has 2 aliphatic rings. The lowest BCUT2D eigenvalue weighted by Crippen LogP contribution is -2.40. The summed E-state index contributed by atoms with van der Waals surface area (Å²) in [4.78, 5) is 40.0. The van der Waals surface area contributed by atoms with Crippen LogP contribution in [0, 0.1) is 6.92 Å². The van der Waals surface area contributed by atoms with Gasteiger partial charge in [-0.3, -0.25) is 10.1 Å². The number of nitrogens with one attached hydrogen (secondary N) is 1. The van der Waals surface area contributed by atoms with Crippen LogP contribution in [-0.4, -0.2) is 66.8 Å². The molecule has 0 unspecified atom stereocenters. The number of carbonyl (C=O) groups excluding carboxylic acids is 1. The van der Waals surface area contributed by atoms with E-state index in [1.807, 2.05) is 101 Å². The van der Waals surface area contributed by atoms with E-state index in [2.05, 4.69) is 25.3 Å². The summed E-state index contributed by atoms with van der Waals surface area (Å²) in [6.45, 7) is 12.9. The van der Waals surface area contributed by atoms with Crippen LogP contribution >= 0.6 is 23.2 Å². The number of likely N-dealkylation sites (N-methyl/N-ethyl adjacent to an activating group) is 1. The van der Waals surface area contributed by atoms with Gasteiger partial charge in [0.2, 0.25) is 17.8 Å². The molecule has 0 atom stereocenters. The maximum Gasteiger partial charge on any atom is 0.231 e. The second-order valence-corrected chi connectivity index (χ2v) is 11.6. The molecule has 6 rings (SSSR count). The first-order chi connectivity index (χ1) is 23.6. The Kier molecular flexibility index (Phi) is 12.7. The molecule has 0 aliphatic carbocycles. The molecule has 0 spiro atoms. The number of aryl methyl sites for hydroxylation is 1. The van der Waals surface area contributed by atoms with Gasteiger partial charge in [-0.25, -0.2) is 9.98 Å². The van der Waals surface area contributed by atoms with E-state index in [0.29, 0.717) is 89.1 Å². The smallest absolute Gasteiger partial charge is 0.231 e. The van der Waals surface area contributed by atoms with E-state index >= 15 is 0 Å². The lowest BCUT2D eigenvalue weighted by molar-refractivity contribution is -0.127. The fourth-order valence-corrected chi connectivity index (χ4v) is 5.27. The Morgan fingerprint density at radius 3 is 1.98 bits per heavy atom. The first-order valence-corrected chi connectivity index (χ1v) is 17.0. The molecule has 2 aliphatic heterocycles. The summed E-state index contributed by atoms with van der Waals surface area (Å²) in [5, 5.41) is 4.59. The SMILES string of the molecule is CC.CC.CC(=O)N(C)CNCN(C)c1nc(C)nc(N(C)CCc2ccc3c(c2)Oc2c(Cl)c4c(c(Cl)c2=N3)Oc2ccccc2N=4)n1. The Morgan fingerprint density at radius 1 is 0.776 bits per heavy atom. The van der Waals surface area contributed by atoms with E-state index < -0.39 is 0 Å². The molecule has 0 bridgehead atoms.